The molecule has 2 rings (SSSR count). The number of nitro groups is 1. The van der Waals surface area contributed by atoms with E-state index in [1.807, 2.05) is 6.07 Å². The number of fused-ring (bicyclic) bond motifs is 1. The Labute approximate surface area is 109 Å². The minimum atomic E-state index is -0.360. The molecule has 0 aliphatic carbocycles. The summed E-state index contributed by atoms with van der Waals surface area (Å²) >= 11 is 1.41. The van der Waals surface area contributed by atoms with Crippen molar-refractivity contribution in [3.63, 3.8) is 0 Å². The van der Waals surface area contributed by atoms with Crippen molar-refractivity contribution < 1.29 is 4.92 Å². The molecule has 0 aliphatic rings. The van der Waals surface area contributed by atoms with E-state index in [-0.39, 0.29) is 10.6 Å². The van der Waals surface area contributed by atoms with Crippen molar-refractivity contribution in [3.8, 4) is 0 Å². The van der Waals surface area contributed by atoms with E-state index in [0.29, 0.717) is 17.1 Å². The van der Waals surface area contributed by atoms with Gasteiger partial charge in [0.25, 0.3) is 0 Å². The highest BCUT2D eigenvalue weighted by atomic mass is 32.1. The molecular weight excluding hydrogens is 250 g/mol. The average Bonchev–Trinajstić information content (AvgIpc) is 2.82. The van der Waals surface area contributed by atoms with Gasteiger partial charge in [0.05, 0.1) is 15.1 Å². The minimum Gasteiger partial charge on any atom is -0.379 e. The molecule has 0 fully saturated rings. The van der Waals surface area contributed by atoms with Crippen molar-refractivity contribution in [2.75, 3.05) is 11.9 Å². The number of nitrogens with zero attached hydrogens (tertiary/aromatic N) is 2. The zero-order chi connectivity index (χ0) is 13.1. The highest BCUT2D eigenvalue weighted by molar-refractivity contribution is 7.16. The maximum Gasteiger partial charge on any atom is 0.319 e. The molecule has 1 atom stereocenters. The smallest absolute Gasteiger partial charge is 0.319 e. The molecule has 0 saturated carbocycles. The number of nitro benzene ring substituents is 1. The lowest BCUT2D eigenvalue weighted by Crippen LogP contribution is -2.11. The second kappa shape index (κ2) is 5.30. The first-order valence-electron chi connectivity index (χ1n) is 5.88. The van der Waals surface area contributed by atoms with Crippen LogP contribution in [0, 0.1) is 16.0 Å². The predicted octanol–water partition coefficient (Wildman–Crippen LogP) is 3.66. The van der Waals surface area contributed by atoms with Crippen LogP contribution in [0.25, 0.3) is 10.2 Å². The third kappa shape index (κ3) is 2.43. The predicted molar refractivity (Wildman–Crippen MR) is 74.2 cm³/mol. The highest BCUT2D eigenvalue weighted by Gasteiger charge is 2.20. The van der Waals surface area contributed by atoms with Gasteiger partial charge in [0, 0.05) is 6.54 Å². The molecule has 18 heavy (non-hydrogen) atoms. The molecule has 1 heterocycles. The van der Waals surface area contributed by atoms with Crippen molar-refractivity contribution in [2.45, 2.75) is 20.3 Å². The van der Waals surface area contributed by atoms with Crippen LogP contribution in [-0.2, 0) is 0 Å². The summed E-state index contributed by atoms with van der Waals surface area (Å²) < 4.78 is 0.843. The van der Waals surface area contributed by atoms with E-state index in [2.05, 4.69) is 24.1 Å². The van der Waals surface area contributed by atoms with Gasteiger partial charge >= 0.3 is 5.69 Å². The van der Waals surface area contributed by atoms with Gasteiger partial charge in [0.15, 0.2) is 5.52 Å². The average molecular weight is 265 g/mol. The van der Waals surface area contributed by atoms with Gasteiger partial charge in [-0.05, 0) is 18.1 Å². The van der Waals surface area contributed by atoms with Gasteiger partial charge in [0.1, 0.15) is 5.69 Å². The van der Waals surface area contributed by atoms with Crippen molar-refractivity contribution >= 4 is 32.9 Å². The number of hydrogen-bond acceptors (Lipinski definition) is 5. The molecular formula is C12H15N3O2S. The number of aromatic nitrogens is 1. The Morgan fingerprint density at radius 2 is 2.33 bits per heavy atom. The molecule has 96 valence electrons. The fourth-order valence-corrected chi connectivity index (χ4v) is 2.35. The Morgan fingerprint density at radius 3 is 3.00 bits per heavy atom. The zero-order valence-electron chi connectivity index (χ0n) is 10.3. The van der Waals surface area contributed by atoms with Gasteiger partial charge in [-0.1, -0.05) is 20.3 Å². The number of benzene rings is 1. The van der Waals surface area contributed by atoms with E-state index in [0.717, 1.165) is 17.7 Å². The summed E-state index contributed by atoms with van der Waals surface area (Å²) in [6.07, 6.45) is 1.04. The lowest BCUT2D eigenvalue weighted by Gasteiger charge is -2.11. The van der Waals surface area contributed by atoms with Gasteiger partial charge in [-0.25, -0.2) is 4.98 Å². The van der Waals surface area contributed by atoms with Crippen LogP contribution in [0.2, 0.25) is 0 Å². The van der Waals surface area contributed by atoms with Crippen LogP contribution in [-0.4, -0.2) is 16.5 Å². The van der Waals surface area contributed by atoms with Crippen LogP contribution in [0.5, 0.6) is 0 Å². The van der Waals surface area contributed by atoms with Crippen LogP contribution in [0.15, 0.2) is 17.6 Å². The second-order valence-electron chi connectivity index (χ2n) is 4.31. The maximum atomic E-state index is 11.2. The molecule has 2 aromatic rings. The Hall–Kier alpha value is -1.69. The van der Waals surface area contributed by atoms with Crippen molar-refractivity contribution in [1.82, 2.24) is 4.98 Å². The molecule has 0 saturated heterocycles. The largest absolute Gasteiger partial charge is 0.379 e. The van der Waals surface area contributed by atoms with E-state index >= 15 is 0 Å². The number of anilines is 1. The summed E-state index contributed by atoms with van der Waals surface area (Å²) in [7, 11) is 0. The first-order valence-corrected chi connectivity index (χ1v) is 6.76. The maximum absolute atomic E-state index is 11.2. The molecule has 6 heteroatoms. The number of thiazole rings is 1. The summed E-state index contributed by atoms with van der Waals surface area (Å²) in [5.41, 5.74) is 2.74. The third-order valence-corrected chi connectivity index (χ3v) is 3.79. The van der Waals surface area contributed by atoms with Gasteiger partial charge in [-0.15, -0.1) is 11.3 Å². The Morgan fingerprint density at radius 1 is 1.56 bits per heavy atom. The highest BCUT2D eigenvalue weighted by Crippen LogP contribution is 2.34. The lowest BCUT2D eigenvalue weighted by molar-refractivity contribution is -0.382. The first kappa shape index (κ1) is 12.8. The number of rotatable bonds is 5. The summed E-state index contributed by atoms with van der Waals surface area (Å²) in [4.78, 5) is 14.9. The minimum absolute atomic E-state index is 0.0806. The Balaban J connectivity index is 2.37. The molecule has 0 aliphatic heterocycles. The van der Waals surface area contributed by atoms with Crippen molar-refractivity contribution in [3.05, 3.63) is 27.8 Å². The summed E-state index contributed by atoms with van der Waals surface area (Å²) in [6.45, 7) is 4.94. The molecule has 5 nitrogen and oxygen atoms in total. The van der Waals surface area contributed by atoms with Crippen molar-refractivity contribution in [2.24, 2.45) is 5.92 Å². The molecule has 0 amide bonds. The molecule has 0 bridgehead atoms. The quantitative estimate of drug-likeness (QED) is 0.661. The van der Waals surface area contributed by atoms with E-state index in [9.17, 15) is 10.1 Å². The summed E-state index contributed by atoms with van der Waals surface area (Å²) in [5, 5.41) is 14.3. The van der Waals surface area contributed by atoms with Gasteiger partial charge in [-0.2, -0.15) is 0 Å². The number of nitrogens with one attached hydrogen (secondary N) is 1. The lowest BCUT2D eigenvalue weighted by atomic mass is 10.1. The molecule has 1 unspecified atom stereocenters. The molecule has 0 radical (unpaired) electrons. The third-order valence-electron chi connectivity index (χ3n) is 3.00. The van der Waals surface area contributed by atoms with Crippen LogP contribution in [0.3, 0.4) is 0 Å². The SMILES string of the molecule is CCC(C)CNc1ccc2scnc2c1[N+](=O)[O-]. The topological polar surface area (TPSA) is 68.1 Å². The second-order valence-corrected chi connectivity index (χ2v) is 5.20. The standard InChI is InChI=1S/C12H15N3O2S/c1-3-8(2)6-13-9-4-5-10-11(14-7-18-10)12(9)15(16)17/h4-5,7-8,13H,3,6H2,1-2H3. The van der Waals surface area contributed by atoms with Gasteiger partial charge in [-0.3, -0.25) is 10.1 Å². The van der Waals surface area contributed by atoms with E-state index in [1.165, 1.54) is 11.3 Å². The first-order chi connectivity index (χ1) is 8.63. The number of hydrogen-bond donors (Lipinski definition) is 1. The van der Waals surface area contributed by atoms with E-state index < -0.39 is 0 Å². The van der Waals surface area contributed by atoms with E-state index in [4.69, 9.17) is 0 Å². The summed E-state index contributed by atoms with van der Waals surface area (Å²) in [5.74, 6) is 0.482. The molecule has 0 spiro atoms. The zero-order valence-corrected chi connectivity index (χ0v) is 11.2. The van der Waals surface area contributed by atoms with E-state index in [1.54, 1.807) is 11.6 Å². The van der Waals surface area contributed by atoms with Crippen LogP contribution in [0.1, 0.15) is 20.3 Å². The fraction of sp³-hybridized carbons (Fsp3) is 0.417. The molecule has 1 aromatic carbocycles. The van der Waals surface area contributed by atoms with Crippen LogP contribution < -0.4 is 5.32 Å². The summed E-state index contributed by atoms with van der Waals surface area (Å²) in [6, 6.07) is 3.64. The van der Waals surface area contributed by atoms with Crippen molar-refractivity contribution in [1.29, 1.82) is 0 Å². The fourth-order valence-electron chi connectivity index (χ4n) is 1.67. The molecule has 1 aromatic heterocycles. The van der Waals surface area contributed by atoms with Gasteiger partial charge in [0.2, 0.25) is 0 Å². The van der Waals surface area contributed by atoms with Crippen LogP contribution >= 0.6 is 11.3 Å². The molecule has 1 N–H and O–H groups in total. The monoisotopic (exact) mass is 265 g/mol. The Bertz CT molecular complexity index is 567. The van der Waals surface area contributed by atoms with Gasteiger partial charge < -0.3 is 5.32 Å². The van der Waals surface area contributed by atoms with Crippen LogP contribution in [0.4, 0.5) is 11.4 Å². The normalized spacial score (nSPS) is 12.6. The Kier molecular flexibility index (Phi) is 3.76.